The number of anilines is 2. The summed E-state index contributed by atoms with van der Waals surface area (Å²) in [6, 6.07) is 2.23. The molecule has 3 rings (SSSR count). The third-order valence-electron chi connectivity index (χ3n) is 4.75. The second kappa shape index (κ2) is 6.53. The Balaban J connectivity index is 1.80. The molecule has 2 fully saturated rings. The van der Waals surface area contributed by atoms with Gasteiger partial charge in [-0.1, -0.05) is 5.92 Å². The molecule has 1 N–H and O–H groups in total. The van der Waals surface area contributed by atoms with E-state index in [1.54, 1.807) is 0 Å². The lowest BCUT2D eigenvalue weighted by molar-refractivity contribution is 0.203. The van der Waals surface area contributed by atoms with Crippen LogP contribution in [0, 0.1) is 25.2 Å². The number of terminal acetylenes is 1. The smallest absolute Gasteiger partial charge is 0.135 e. The van der Waals surface area contributed by atoms with Crippen LogP contribution in [0.5, 0.6) is 0 Å². The minimum atomic E-state index is 0.155. The van der Waals surface area contributed by atoms with Gasteiger partial charge in [-0.05, 0) is 38.5 Å². The third-order valence-corrected chi connectivity index (χ3v) is 4.75. The van der Waals surface area contributed by atoms with Gasteiger partial charge in [-0.3, -0.25) is 0 Å². The van der Waals surface area contributed by atoms with Crippen LogP contribution < -0.4 is 9.80 Å². The number of rotatable bonds is 3. The van der Waals surface area contributed by atoms with Crippen LogP contribution >= 0.6 is 0 Å². The normalized spacial score (nSPS) is 22.9. The van der Waals surface area contributed by atoms with Gasteiger partial charge in [0.1, 0.15) is 17.5 Å². The van der Waals surface area contributed by atoms with E-state index in [0.717, 1.165) is 62.8 Å². The first-order chi connectivity index (χ1) is 10.7. The fourth-order valence-corrected chi connectivity index (χ4v) is 3.40. The predicted octanol–water partition coefficient (Wildman–Crippen LogP) is 1.60. The molecule has 0 spiro atoms. The molecule has 0 aliphatic carbocycles. The summed E-state index contributed by atoms with van der Waals surface area (Å²) in [6.07, 6.45) is 9.84. The first-order valence-electron chi connectivity index (χ1n) is 8.15. The SMILES string of the molecule is C#C[C@@H]1CCCN1c1cc(N2CCC(CO)CC2)nc(C)n1. The molecule has 0 bridgehead atoms. The highest BCUT2D eigenvalue weighted by Crippen LogP contribution is 2.28. The van der Waals surface area contributed by atoms with Crippen molar-refractivity contribution in [1.82, 2.24) is 9.97 Å². The summed E-state index contributed by atoms with van der Waals surface area (Å²) in [5, 5.41) is 9.27. The van der Waals surface area contributed by atoms with Crippen LogP contribution in [0.15, 0.2) is 6.07 Å². The molecule has 1 aromatic heterocycles. The van der Waals surface area contributed by atoms with Gasteiger partial charge >= 0.3 is 0 Å². The van der Waals surface area contributed by atoms with E-state index in [0.29, 0.717) is 12.5 Å². The van der Waals surface area contributed by atoms with Gasteiger partial charge in [0.25, 0.3) is 0 Å². The number of nitrogens with zero attached hydrogens (tertiary/aromatic N) is 4. The van der Waals surface area contributed by atoms with Crippen molar-refractivity contribution in [3.05, 3.63) is 11.9 Å². The van der Waals surface area contributed by atoms with Gasteiger partial charge in [-0.2, -0.15) is 0 Å². The average molecular weight is 300 g/mol. The number of aryl methyl sites for hydroxylation is 1. The maximum atomic E-state index is 9.27. The van der Waals surface area contributed by atoms with Crippen molar-refractivity contribution in [2.75, 3.05) is 36.0 Å². The van der Waals surface area contributed by atoms with Gasteiger partial charge in [0, 0.05) is 32.3 Å². The molecule has 0 saturated carbocycles. The van der Waals surface area contributed by atoms with E-state index in [1.165, 1.54) is 0 Å². The number of aliphatic hydroxyl groups excluding tert-OH is 1. The molecule has 0 amide bonds. The van der Waals surface area contributed by atoms with E-state index >= 15 is 0 Å². The Morgan fingerprint density at radius 1 is 1.23 bits per heavy atom. The molecule has 3 heterocycles. The lowest BCUT2D eigenvalue weighted by atomic mass is 9.98. The van der Waals surface area contributed by atoms with E-state index in [9.17, 15) is 5.11 Å². The highest BCUT2D eigenvalue weighted by atomic mass is 16.3. The zero-order valence-corrected chi connectivity index (χ0v) is 13.2. The topological polar surface area (TPSA) is 52.5 Å². The van der Waals surface area contributed by atoms with Crippen LogP contribution in [0.3, 0.4) is 0 Å². The molecular weight excluding hydrogens is 276 g/mol. The van der Waals surface area contributed by atoms with Gasteiger partial charge in [0.05, 0.1) is 6.04 Å². The quantitative estimate of drug-likeness (QED) is 0.859. The zero-order chi connectivity index (χ0) is 15.5. The molecule has 22 heavy (non-hydrogen) atoms. The highest BCUT2D eigenvalue weighted by Gasteiger charge is 2.26. The standard InChI is InChI=1S/C17H24N4O/c1-3-15-5-4-8-21(15)17-11-16(18-13(2)19-17)20-9-6-14(12-22)7-10-20/h1,11,14-15,22H,4-10,12H2,2H3/t15-/m1/s1. The van der Waals surface area contributed by atoms with Crippen LogP contribution in [-0.2, 0) is 0 Å². The molecule has 118 valence electrons. The Morgan fingerprint density at radius 3 is 2.64 bits per heavy atom. The molecule has 2 saturated heterocycles. The number of aromatic nitrogens is 2. The molecule has 2 aliphatic rings. The van der Waals surface area contributed by atoms with Crippen LogP contribution in [0.1, 0.15) is 31.5 Å². The Kier molecular flexibility index (Phi) is 4.49. The van der Waals surface area contributed by atoms with Gasteiger partial charge in [0.2, 0.25) is 0 Å². The van der Waals surface area contributed by atoms with Crippen molar-refractivity contribution in [1.29, 1.82) is 0 Å². The van der Waals surface area contributed by atoms with Crippen LogP contribution in [0.4, 0.5) is 11.6 Å². The third kappa shape index (κ3) is 3.02. The minimum Gasteiger partial charge on any atom is -0.396 e. The van der Waals surface area contributed by atoms with Gasteiger partial charge in [0.15, 0.2) is 0 Å². The molecule has 0 aromatic carbocycles. The summed E-state index contributed by atoms with van der Waals surface area (Å²) in [5.74, 6) is 6.03. The summed E-state index contributed by atoms with van der Waals surface area (Å²) < 4.78 is 0. The van der Waals surface area contributed by atoms with E-state index < -0.39 is 0 Å². The van der Waals surface area contributed by atoms with Gasteiger partial charge in [-0.25, -0.2) is 9.97 Å². The monoisotopic (exact) mass is 300 g/mol. The number of hydrogen-bond acceptors (Lipinski definition) is 5. The average Bonchev–Trinajstić information content (AvgIpc) is 3.03. The van der Waals surface area contributed by atoms with E-state index in [2.05, 4.69) is 31.8 Å². The Hall–Kier alpha value is -1.80. The molecule has 5 nitrogen and oxygen atoms in total. The lowest BCUT2D eigenvalue weighted by Crippen LogP contribution is -2.36. The summed E-state index contributed by atoms with van der Waals surface area (Å²) in [6.45, 7) is 5.09. The van der Waals surface area contributed by atoms with Gasteiger partial charge in [-0.15, -0.1) is 6.42 Å². The minimum absolute atomic E-state index is 0.155. The molecule has 1 aromatic rings. The molecule has 0 unspecified atom stereocenters. The molecule has 0 radical (unpaired) electrons. The maximum absolute atomic E-state index is 9.27. The largest absolute Gasteiger partial charge is 0.396 e. The fraction of sp³-hybridized carbons (Fsp3) is 0.647. The second-order valence-corrected chi connectivity index (χ2v) is 6.26. The Morgan fingerprint density at radius 2 is 1.95 bits per heavy atom. The van der Waals surface area contributed by atoms with Crippen LogP contribution in [0.2, 0.25) is 0 Å². The molecule has 2 aliphatic heterocycles. The van der Waals surface area contributed by atoms with E-state index in [-0.39, 0.29) is 6.04 Å². The fourth-order valence-electron chi connectivity index (χ4n) is 3.40. The Bertz CT molecular complexity index is 560. The van der Waals surface area contributed by atoms with E-state index in [4.69, 9.17) is 6.42 Å². The number of piperidine rings is 1. The summed E-state index contributed by atoms with van der Waals surface area (Å²) in [5.41, 5.74) is 0. The molecule has 1 atom stereocenters. The summed E-state index contributed by atoms with van der Waals surface area (Å²) in [7, 11) is 0. The maximum Gasteiger partial charge on any atom is 0.135 e. The Labute approximate surface area is 132 Å². The van der Waals surface area contributed by atoms with Crippen molar-refractivity contribution in [3.8, 4) is 12.3 Å². The molecular formula is C17H24N4O. The lowest BCUT2D eigenvalue weighted by Gasteiger charge is -2.32. The van der Waals surface area contributed by atoms with E-state index in [1.807, 2.05) is 6.92 Å². The van der Waals surface area contributed by atoms with Crippen LogP contribution in [0.25, 0.3) is 0 Å². The second-order valence-electron chi connectivity index (χ2n) is 6.26. The first-order valence-corrected chi connectivity index (χ1v) is 8.15. The van der Waals surface area contributed by atoms with Crippen molar-refractivity contribution >= 4 is 11.6 Å². The highest BCUT2D eigenvalue weighted by molar-refractivity contribution is 5.53. The zero-order valence-electron chi connectivity index (χ0n) is 13.2. The summed E-state index contributed by atoms with van der Waals surface area (Å²) in [4.78, 5) is 13.7. The number of hydrogen-bond donors (Lipinski definition) is 1. The van der Waals surface area contributed by atoms with Crippen molar-refractivity contribution in [3.63, 3.8) is 0 Å². The first kappa shape index (κ1) is 15.1. The van der Waals surface area contributed by atoms with Crippen molar-refractivity contribution < 1.29 is 5.11 Å². The van der Waals surface area contributed by atoms with Crippen molar-refractivity contribution in [2.24, 2.45) is 5.92 Å². The van der Waals surface area contributed by atoms with Gasteiger partial charge < -0.3 is 14.9 Å². The number of aliphatic hydroxyl groups is 1. The van der Waals surface area contributed by atoms with Crippen molar-refractivity contribution in [2.45, 2.75) is 38.6 Å². The molecule has 5 heteroatoms. The van der Waals surface area contributed by atoms with Crippen LogP contribution in [-0.4, -0.2) is 47.4 Å². The predicted molar refractivity (Wildman–Crippen MR) is 88.0 cm³/mol. The summed E-state index contributed by atoms with van der Waals surface area (Å²) >= 11 is 0.